The fourth-order valence-corrected chi connectivity index (χ4v) is 3.79. The van der Waals surface area contributed by atoms with Crippen molar-refractivity contribution >= 4 is 11.8 Å². The van der Waals surface area contributed by atoms with E-state index in [9.17, 15) is 4.39 Å². The molecule has 2 nitrogen and oxygen atoms in total. The van der Waals surface area contributed by atoms with Gasteiger partial charge in [0.05, 0.1) is 0 Å². The van der Waals surface area contributed by atoms with Crippen molar-refractivity contribution < 1.29 is 4.39 Å². The maximum Gasteiger partial charge on any atom is 0.187 e. The van der Waals surface area contributed by atoms with Gasteiger partial charge >= 0.3 is 0 Å². The van der Waals surface area contributed by atoms with Crippen molar-refractivity contribution in [1.82, 2.24) is 9.97 Å². The molecule has 1 aliphatic rings. The Morgan fingerprint density at radius 1 is 1.00 bits per heavy atom. The normalized spacial score (nSPS) is 22.3. The van der Waals surface area contributed by atoms with Crippen LogP contribution in [-0.4, -0.2) is 16.2 Å². The van der Waals surface area contributed by atoms with Gasteiger partial charge in [0, 0.05) is 17.8 Å². The predicted octanol–water partition coefficient (Wildman–Crippen LogP) is 5.17. The SMILES string of the molecule is CSc1nccc(C2CCCCCC2c2ccc(F)cc2)n1. The molecule has 1 heterocycles. The molecule has 2 atom stereocenters. The zero-order valence-corrected chi connectivity index (χ0v) is 13.7. The molecule has 0 N–H and O–H groups in total. The predicted molar refractivity (Wildman–Crippen MR) is 88.8 cm³/mol. The molecule has 1 saturated carbocycles. The third-order valence-electron chi connectivity index (χ3n) is 4.53. The Morgan fingerprint density at radius 2 is 1.73 bits per heavy atom. The van der Waals surface area contributed by atoms with Gasteiger partial charge in [-0.1, -0.05) is 43.2 Å². The molecular formula is C18H21FN2S. The fraction of sp³-hybridized carbons (Fsp3) is 0.444. The molecule has 1 aromatic heterocycles. The summed E-state index contributed by atoms with van der Waals surface area (Å²) in [5.41, 5.74) is 2.37. The summed E-state index contributed by atoms with van der Waals surface area (Å²) >= 11 is 1.58. The Kier molecular flexibility index (Phi) is 5.08. The van der Waals surface area contributed by atoms with Gasteiger partial charge in [-0.3, -0.25) is 0 Å². The smallest absolute Gasteiger partial charge is 0.187 e. The summed E-state index contributed by atoms with van der Waals surface area (Å²) in [6, 6.07) is 9.07. The number of hydrogen-bond acceptors (Lipinski definition) is 3. The minimum absolute atomic E-state index is 0.166. The van der Waals surface area contributed by atoms with Crippen molar-refractivity contribution in [3.63, 3.8) is 0 Å². The molecule has 1 aromatic carbocycles. The summed E-state index contributed by atoms with van der Waals surface area (Å²) < 4.78 is 13.2. The molecule has 3 rings (SSSR count). The van der Waals surface area contributed by atoms with Gasteiger partial charge in [0.1, 0.15) is 5.82 Å². The highest BCUT2D eigenvalue weighted by Gasteiger charge is 2.27. The quantitative estimate of drug-likeness (QED) is 0.444. The average Bonchev–Trinajstić information content (AvgIpc) is 2.81. The number of nitrogens with zero attached hydrogens (tertiary/aromatic N) is 2. The van der Waals surface area contributed by atoms with E-state index in [2.05, 4.69) is 4.98 Å². The van der Waals surface area contributed by atoms with Crippen LogP contribution in [0, 0.1) is 5.82 Å². The van der Waals surface area contributed by atoms with E-state index in [1.807, 2.05) is 30.7 Å². The minimum atomic E-state index is -0.166. The molecule has 0 bridgehead atoms. The van der Waals surface area contributed by atoms with Gasteiger partial charge in [-0.15, -0.1) is 0 Å². The maximum absolute atomic E-state index is 13.2. The van der Waals surface area contributed by atoms with Crippen molar-refractivity contribution in [2.75, 3.05) is 6.26 Å². The van der Waals surface area contributed by atoms with Gasteiger partial charge in [0.15, 0.2) is 5.16 Å². The number of rotatable bonds is 3. The Balaban J connectivity index is 1.95. The molecule has 0 spiro atoms. The lowest BCUT2D eigenvalue weighted by Gasteiger charge is -2.25. The highest BCUT2D eigenvalue weighted by Crippen LogP contribution is 2.42. The zero-order chi connectivity index (χ0) is 15.4. The van der Waals surface area contributed by atoms with Gasteiger partial charge in [0.2, 0.25) is 0 Å². The number of hydrogen-bond donors (Lipinski definition) is 0. The molecule has 22 heavy (non-hydrogen) atoms. The Bertz CT molecular complexity index is 615. The molecule has 1 aliphatic carbocycles. The van der Waals surface area contributed by atoms with Crippen LogP contribution >= 0.6 is 11.8 Å². The first-order valence-corrected chi connectivity index (χ1v) is 9.13. The van der Waals surface area contributed by atoms with Gasteiger partial charge < -0.3 is 0 Å². The third kappa shape index (κ3) is 3.49. The van der Waals surface area contributed by atoms with E-state index in [1.54, 1.807) is 23.9 Å². The highest BCUT2D eigenvalue weighted by atomic mass is 32.2. The summed E-state index contributed by atoms with van der Waals surface area (Å²) in [4.78, 5) is 9.02. The Labute approximate surface area is 135 Å². The Hall–Kier alpha value is -1.42. The first-order chi connectivity index (χ1) is 10.8. The molecule has 0 aliphatic heterocycles. The van der Waals surface area contributed by atoms with Crippen molar-refractivity contribution in [3.8, 4) is 0 Å². The van der Waals surface area contributed by atoms with E-state index in [0.29, 0.717) is 11.8 Å². The highest BCUT2D eigenvalue weighted by molar-refractivity contribution is 7.98. The average molecular weight is 316 g/mol. The number of benzene rings is 1. The number of aromatic nitrogens is 2. The van der Waals surface area contributed by atoms with Gasteiger partial charge in [-0.25, -0.2) is 14.4 Å². The molecule has 0 saturated heterocycles. The third-order valence-corrected chi connectivity index (χ3v) is 5.09. The van der Waals surface area contributed by atoms with Gasteiger partial charge in [-0.2, -0.15) is 0 Å². The molecule has 4 heteroatoms. The van der Waals surface area contributed by atoms with Crippen molar-refractivity contribution in [2.24, 2.45) is 0 Å². The molecule has 2 aromatic rings. The molecule has 0 amide bonds. The van der Waals surface area contributed by atoms with Crippen LogP contribution in [0.3, 0.4) is 0 Å². The number of halogens is 1. The van der Waals surface area contributed by atoms with Crippen LogP contribution in [-0.2, 0) is 0 Å². The van der Waals surface area contributed by atoms with Gasteiger partial charge in [-0.05, 0) is 48.8 Å². The first kappa shape index (κ1) is 15.5. The largest absolute Gasteiger partial charge is 0.231 e. The maximum atomic E-state index is 13.2. The van der Waals surface area contributed by atoms with Crippen LogP contribution in [0.1, 0.15) is 55.2 Å². The van der Waals surface area contributed by atoms with Crippen LogP contribution in [0.15, 0.2) is 41.7 Å². The second-order valence-corrected chi connectivity index (χ2v) is 6.64. The van der Waals surface area contributed by atoms with E-state index in [1.165, 1.54) is 24.8 Å². The minimum Gasteiger partial charge on any atom is -0.231 e. The van der Waals surface area contributed by atoms with E-state index in [-0.39, 0.29) is 5.82 Å². The topological polar surface area (TPSA) is 25.8 Å². The van der Waals surface area contributed by atoms with E-state index in [4.69, 9.17) is 4.98 Å². The molecule has 2 unspecified atom stereocenters. The van der Waals surface area contributed by atoms with Crippen LogP contribution in [0.5, 0.6) is 0 Å². The number of thioether (sulfide) groups is 1. The standard InChI is InChI=1S/C18H21FN2S/c1-22-18-20-12-11-17(21-18)16-6-4-2-3-5-15(16)13-7-9-14(19)10-8-13/h7-12,15-16H,2-6H2,1H3. The Morgan fingerprint density at radius 3 is 2.45 bits per heavy atom. The van der Waals surface area contributed by atoms with E-state index >= 15 is 0 Å². The monoisotopic (exact) mass is 316 g/mol. The lowest BCUT2D eigenvalue weighted by molar-refractivity contribution is 0.494. The van der Waals surface area contributed by atoms with Crippen LogP contribution < -0.4 is 0 Å². The zero-order valence-electron chi connectivity index (χ0n) is 12.8. The lowest BCUT2D eigenvalue weighted by Crippen LogP contribution is -2.12. The second-order valence-electron chi connectivity index (χ2n) is 5.87. The summed E-state index contributed by atoms with van der Waals surface area (Å²) in [5.74, 6) is 0.662. The summed E-state index contributed by atoms with van der Waals surface area (Å²) in [6.07, 6.45) is 9.90. The van der Waals surface area contributed by atoms with Crippen molar-refractivity contribution in [3.05, 3.63) is 53.6 Å². The van der Waals surface area contributed by atoms with Gasteiger partial charge in [0.25, 0.3) is 0 Å². The molecule has 116 valence electrons. The first-order valence-electron chi connectivity index (χ1n) is 7.90. The van der Waals surface area contributed by atoms with Crippen LogP contribution in [0.4, 0.5) is 4.39 Å². The van der Waals surface area contributed by atoms with Crippen molar-refractivity contribution in [2.45, 2.75) is 49.1 Å². The molecule has 1 fully saturated rings. The summed E-state index contributed by atoms with van der Waals surface area (Å²) in [6.45, 7) is 0. The summed E-state index contributed by atoms with van der Waals surface area (Å²) in [5, 5.41) is 0.833. The van der Waals surface area contributed by atoms with E-state index in [0.717, 1.165) is 23.7 Å². The van der Waals surface area contributed by atoms with Crippen LogP contribution in [0.2, 0.25) is 0 Å². The van der Waals surface area contributed by atoms with E-state index < -0.39 is 0 Å². The molecular weight excluding hydrogens is 295 g/mol. The summed E-state index contributed by atoms with van der Waals surface area (Å²) in [7, 11) is 0. The fourth-order valence-electron chi connectivity index (χ4n) is 3.43. The molecule has 0 radical (unpaired) electrons. The van der Waals surface area contributed by atoms with Crippen LogP contribution in [0.25, 0.3) is 0 Å². The van der Waals surface area contributed by atoms with Crippen molar-refractivity contribution in [1.29, 1.82) is 0 Å². The second kappa shape index (κ2) is 7.23. The lowest BCUT2D eigenvalue weighted by atomic mass is 9.80.